The van der Waals surface area contributed by atoms with Crippen LogP contribution in [-0.4, -0.2) is 36.7 Å². The van der Waals surface area contributed by atoms with Crippen LogP contribution in [0.1, 0.15) is 32.3 Å². The number of benzene rings is 1. The highest BCUT2D eigenvalue weighted by Gasteiger charge is 2.36. The summed E-state index contributed by atoms with van der Waals surface area (Å²) in [5.41, 5.74) is -0.446. The number of aliphatic carboxylic acids is 1. The SMILES string of the molecule is CC(C(=O)NCC(C)(C(=O)O)c1ccccc1)C1CCOCC1. The maximum Gasteiger partial charge on any atom is 0.315 e. The first-order valence-corrected chi connectivity index (χ1v) is 8.09. The standard InChI is InChI=1S/C18H25NO4/c1-13(14-8-10-23-11-9-14)16(20)19-12-18(2,17(21)22)15-6-4-3-5-7-15/h3-7,13-14H,8-12H2,1-2H3,(H,19,20)(H,21,22). The molecular weight excluding hydrogens is 294 g/mol. The lowest BCUT2D eigenvalue weighted by molar-refractivity contribution is -0.143. The van der Waals surface area contributed by atoms with Gasteiger partial charge < -0.3 is 15.2 Å². The van der Waals surface area contributed by atoms with Crippen molar-refractivity contribution in [3.05, 3.63) is 35.9 Å². The second-order valence-electron chi connectivity index (χ2n) is 6.46. The molecule has 0 aromatic heterocycles. The van der Waals surface area contributed by atoms with Gasteiger partial charge in [-0.1, -0.05) is 37.3 Å². The molecule has 5 heteroatoms. The summed E-state index contributed by atoms with van der Waals surface area (Å²) >= 11 is 0. The van der Waals surface area contributed by atoms with Gasteiger partial charge in [-0.2, -0.15) is 0 Å². The van der Waals surface area contributed by atoms with Gasteiger partial charge in [0.15, 0.2) is 0 Å². The summed E-state index contributed by atoms with van der Waals surface area (Å²) in [5, 5.41) is 12.5. The monoisotopic (exact) mass is 319 g/mol. The van der Waals surface area contributed by atoms with Crippen molar-refractivity contribution in [3.63, 3.8) is 0 Å². The maximum absolute atomic E-state index is 12.4. The van der Waals surface area contributed by atoms with Crippen LogP contribution >= 0.6 is 0 Å². The Balaban J connectivity index is 2.01. The van der Waals surface area contributed by atoms with Crippen LogP contribution in [0.2, 0.25) is 0 Å². The van der Waals surface area contributed by atoms with Crippen molar-refractivity contribution < 1.29 is 19.4 Å². The number of carbonyl (C=O) groups excluding carboxylic acids is 1. The molecule has 0 spiro atoms. The van der Waals surface area contributed by atoms with Gasteiger partial charge in [0.05, 0.1) is 0 Å². The van der Waals surface area contributed by atoms with Crippen molar-refractivity contribution in [3.8, 4) is 0 Å². The van der Waals surface area contributed by atoms with Crippen molar-refractivity contribution >= 4 is 11.9 Å². The second kappa shape index (κ2) is 7.59. The van der Waals surface area contributed by atoms with E-state index in [0.29, 0.717) is 24.7 Å². The van der Waals surface area contributed by atoms with Gasteiger partial charge in [-0.25, -0.2) is 0 Å². The van der Waals surface area contributed by atoms with Crippen LogP contribution in [0.4, 0.5) is 0 Å². The fourth-order valence-corrected chi connectivity index (χ4v) is 2.96. The molecule has 5 nitrogen and oxygen atoms in total. The third-order valence-corrected chi connectivity index (χ3v) is 4.89. The molecule has 0 bridgehead atoms. The normalized spacial score (nSPS) is 19.6. The van der Waals surface area contributed by atoms with Crippen LogP contribution in [0.3, 0.4) is 0 Å². The number of hydrogen-bond acceptors (Lipinski definition) is 3. The molecule has 0 aliphatic carbocycles. The minimum Gasteiger partial charge on any atom is -0.481 e. The van der Waals surface area contributed by atoms with Gasteiger partial charge in [-0.15, -0.1) is 0 Å². The minimum absolute atomic E-state index is 0.0821. The van der Waals surface area contributed by atoms with Crippen LogP contribution in [0.15, 0.2) is 30.3 Å². The minimum atomic E-state index is -1.13. The fraction of sp³-hybridized carbons (Fsp3) is 0.556. The van der Waals surface area contributed by atoms with Crippen molar-refractivity contribution in [1.82, 2.24) is 5.32 Å². The molecule has 2 rings (SSSR count). The molecule has 1 fully saturated rings. The Bertz CT molecular complexity index is 539. The molecule has 1 aromatic carbocycles. The molecule has 1 heterocycles. The van der Waals surface area contributed by atoms with Crippen molar-refractivity contribution in [1.29, 1.82) is 0 Å². The molecule has 0 radical (unpaired) electrons. The zero-order valence-corrected chi connectivity index (χ0v) is 13.7. The lowest BCUT2D eigenvalue weighted by atomic mass is 9.81. The number of carboxylic acid groups (broad SMARTS) is 1. The van der Waals surface area contributed by atoms with E-state index in [1.165, 1.54) is 0 Å². The van der Waals surface area contributed by atoms with Gasteiger partial charge in [0.25, 0.3) is 0 Å². The van der Waals surface area contributed by atoms with Gasteiger partial charge in [0.2, 0.25) is 5.91 Å². The van der Waals surface area contributed by atoms with Crippen molar-refractivity contribution in [2.75, 3.05) is 19.8 Å². The first-order valence-electron chi connectivity index (χ1n) is 8.09. The number of amides is 1. The van der Waals surface area contributed by atoms with E-state index in [4.69, 9.17) is 4.74 Å². The summed E-state index contributed by atoms with van der Waals surface area (Å²) in [6, 6.07) is 9.02. The maximum atomic E-state index is 12.4. The number of nitrogens with one attached hydrogen (secondary N) is 1. The van der Waals surface area contributed by atoms with E-state index in [1.54, 1.807) is 19.1 Å². The Morgan fingerprint density at radius 3 is 2.48 bits per heavy atom. The number of rotatable bonds is 6. The molecule has 2 atom stereocenters. The average Bonchev–Trinajstić information content (AvgIpc) is 2.60. The molecule has 2 unspecified atom stereocenters. The highest BCUT2D eigenvalue weighted by Crippen LogP contribution is 2.26. The third-order valence-electron chi connectivity index (χ3n) is 4.89. The fourth-order valence-electron chi connectivity index (χ4n) is 2.96. The molecule has 1 aliphatic heterocycles. The molecule has 23 heavy (non-hydrogen) atoms. The average molecular weight is 319 g/mol. The van der Waals surface area contributed by atoms with Crippen molar-refractivity contribution in [2.45, 2.75) is 32.1 Å². The Morgan fingerprint density at radius 1 is 1.30 bits per heavy atom. The number of hydrogen-bond donors (Lipinski definition) is 2. The van der Waals surface area contributed by atoms with E-state index in [-0.39, 0.29) is 18.4 Å². The van der Waals surface area contributed by atoms with Crippen LogP contribution in [0.5, 0.6) is 0 Å². The molecule has 2 N–H and O–H groups in total. The zero-order valence-electron chi connectivity index (χ0n) is 13.7. The van der Waals surface area contributed by atoms with Gasteiger partial charge in [0.1, 0.15) is 5.41 Å². The Labute approximate surface area is 137 Å². The van der Waals surface area contributed by atoms with E-state index < -0.39 is 11.4 Å². The molecule has 1 saturated heterocycles. The largest absolute Gasteiger partial charge is 0.481 e. The summed E-state index contributed by atoms with van der Waals surface area (Å²) in [6.07, 6.45) is 1.76. The predicted octanol–water partition coefficient (Wildman–Crippen LogP) is 2.21. The third kappa shape index (κ3) is 4.10. The summed E-state index contributed by atoms with van der Waals surface area (Å²) < 4.78 is 5.32. The molecule has 1 aromatic rings. The summed E-state index contributed by atoms with van der Waals surface area (Å²) in [7, 11) is 0. The molecular formula is C18H25NO4. The predicted molar refractivity (Wildman–Crippen MR) is 87.1 cm³/mol. The first kappa shape index (κ1) is 17.5. The van der Waals surface area contributed by atoms with Crippen LogP contribution < -0.4 is 5.32 Å². The Kier molecular flexibility index (Phi) is 5.77. The molecule has 1 amide bonds. The smallest absolute Gasteiger partial charge is 0.315 e. The number of ether oxygens (including phenoxy) is 1. The van der Waals surface area contributed by atoms with Crippen molar-refractivity contribution in [2.24, 2.45) is 11.8 Å². The van der Waals surface area contributed by atoms with E-state index in [2.05, 4.69) is 5.32 Å². The van der Waals surface area contributed by atoms with Gasteiger partial charge in [-0.3, -0.25) is 9.59 Å². The van der Waals surface area contributed by atoms with E-state index in [1.807, 2.05) is 25.1 Å². The number of carboxylic acids is 1. The summed E-state index contributed by atoms with van der Waals surface area (Å²) in [5.74, 6) is -0.854. The topological polar surface area (TPSA) is 75.6 Å². The summed E-state index contributed by atoms with van der Waals surface area (Å²) in [6.45, 7) is 5.02. The molecule has 0 saturated carbocycles. The van der Waals surface area contributed by atoms with E-state index >= 15 is 0 Å². The molecule has 126 valence electrons. The quantitative estimate of drug-likeness (QED) is 0.843. The Hall–Kier alpha value is -1.88. The Morgan fingerprint density at radius 2 is 1.91 bits per heavy atom. The highest BCUT2D eigenvalue weighted by molar-refractivity contribution is 5.84. The van der Waals surface area contributed by atoms with E-state index in [0.717, 1.165) is 12.8 Å². The molecule has 1 aliphatic rings. The zero-order chi connectivity index (χ0) is 16.9. The summed E-state index contributed by atoms with van der Waals surface area (Å²) in [4.78, 5) is 24.1. The lowest BCUT2D eigenvalue weighted by Crippen LogP contribution is -2.46. The van der Waals surface area contributed by atoms with Crippen LogP contribution in [0.25, 0.3) is 0 Å². The highest BCUT2D eigenvalue weighted by atomic mass is 16.5. The van der Waals surface area contributed by atoms with Crippen LogP contribution in [-0.2, 0) is 19.7 Å². The second-order valence-corrected chi connectivity index (χ2v) is 6.46. The lowest BCUT2D eigenvalue weighted by Gasteiger charge is -2.29. The number of carbonyl (C=O) groups is 2. The van der Waals surface area contributed by atoms with Gasteiger partial charge in [0, 0.05) is 25.7 Å². The van der Waals surface area contributed by atoms with Gasteiger partial charge >= 0.3 is 5.97 Å². The van der Waals surface area contributed by atoms with Gasteiger partial charge in [-0.05, 0) is 31.2 Å². The van der Waals surface area contributed by atoms with E-state index in [9.17, 15) is 14.7 Å². The van der Waals surface area contributed by atoms with Crippen LogP contribution in [0, 0.1) is 11.8 Å². The first-order chi connectivity index (χ1) is 10.9.